The van der Waals surface area contributed by atoms with E-state index in [0.717, 1.165) is 54.2 Å². The molecule has 4 rings (SSSR count). The van der Waals surface area contributed by atoms with Crippen LogP contribution in [0.15, 0.2) is 78.9 Å². The number of benzene rings is 3. The third-order valence-electron chi connectivity index (χ3n) is 5.94. The lowest BCUT2D eigenvalue weighted by Gasteiger charge is -2.34. The van der Waals surface area contributed by atoms with Crippen molar-refractivity contribution in [3.05, 3.63) is 90.0 Å². The first kappa shape index (κ1) is 25.4. The first-order valence-electron chi connectivity index (χ1n) is 12.6. The highest BCUT2D eigenvalue weighted by atomic mass is 16.6. The van der Waals surface area contributed by atoms with Crippen molar-refractivity contribution in [3.8, 4) is 11.5 Å². The molecule has 1 amide bonds. The molecule has 1 heterocycles. The minimum absolute atomic E-state index is 0.0995. The Labute approximate surface area is 214 Å². The third kappa shape index (κ3) is 7.94. The monoisotopic (exact) mass is 488 g/mol. The van der Waals surface area contributed by atoms with E-state index in [1.54, 1.807) is 0 Å². The molecule has 0 unspecified atom stereocenters. The van der Waals surface area contributed by atoms with Crippen molar-refractivity contribution in [2.45, 2.75) is 58.5 Å². The topological polar surface area (TPSA) is 60.0 Å². The van der Waals surface area contributed by atoms with Gasteiger partial charge < -0.3 is 24.4 Å². The second kappa shape index (κ2) is 11.8. The minimum Gasteiger partial charge on any atom is -0.489 e. The molecule has 6 heteroatoms. The summed E-state index contributed by atoms with van der Waals surface area (Å²) in [4.78, 5) is 14.5. The Morgan fingerprint density at radius 2 is 1.33 bits per heavy atom. The fourth-order valence-electron chi connectivity index (χ4n) is 4.14. The number of hydrogen-bond donors (Lipinski definition) is 1. The van der Waals surface area contributed by atoms with Crippen LogP contribution in [0.25, 0.3) is 0 Å². The molecule has 1 aliphatic heterocycles. The van der Waals surface area contributed by atoms with Gasteiger partial charge in [-0.05, 0) is 44.7 Å². The van der Waals surface area contributed by atoms with Crippen LogP contribution in [0.1, 0.15) is 44.7 Å². The molecule has 36 heavy (non-hydrogen) atoms. The van der Waals surface area contributed by atoms with Gasteiger partial charge in [0.05, 0.1) is 0 Å². The van der Waals surface area contributed by atoms with Crippen LogP contribution in [-0.4, -0.2) is 30.8 Å². The van der Waals surface area contributed by atoms with E-state index in [9.17, 15) is 4.79 Å². The van der Waals surface area contributed by atoms with Gasteiger partial charge in [0.25, 0.3) is 0 Å². The quantitative estimate of drug-likeness (QED) is 0.401. The van der Waals surface area contributed by atoms with Gasteiger partial charge in [-0.1, -0.05) is 60.7 Å². The lowest BCUT2D eigenvalue weighted by atomic mass is 10.0. The van der Waals surface area contributed by atoms with Crippen LogP contribution < -0.4 is 19.7 Å². The number of rotatable bonds is 8. The molecule has 3 aromatic carbocycles. The molecule has 0 atom stereocenters. The Balaban J connectivity index is 1.42. The zero-order valence-corrected chi connectivity index (χ0v) is 21.4. The van der Waals surface area contributed by atoms with Crippen LogP contribution in [0.2, 0.25) is 0 Å². The number of anilines is 1. The van der Waals surface area contributed by atoms with Crippen LogP contribution in [-0.2, 0) is 18.0 Å². The summed E-state index contributed by atoms with van der Waals surface area (Å²) in [6, 6.07) is 26.5. The molecule has 0 radical (unpaired) electrons. The molecule has 0 bridgehead atoms. The van der Waals surface area contributed by atoms with Crippen molar-refractivity contribution in [3.63, 3.8) is 0 Å². The van der Waals surface area contributed by atoms with Crippen LogP contribution >= 0.6 is 0 Å². The molecule has 190 valence electrons. The number of carbonyl (C=O) groups is 1. The number of piperidine rings is 1. The highest BCUT2D eigenvalue weighted by Gasteiger charge is 2.24. The maximum atomic E-state index is 12.2. The van der Waals surface area contributed by atoms with Crippen molar-refractivity contribution >= 4 is 11.8 Å². The maximum Gasteiger partial charge on any atom is 0.407 e. The molecule has 3 aromatic rings. The van der Waals surface area contributed by atoms with E-state index in [1.807, 2.05) is 63.2 Å². The molecule has 0 aliphatic carbocycles. The van der Waals surface area contributed by atoms with Gasteiger partial charge in [-0.15, -0.1) is 0 Å². The zero-order valence-electron chi connectivity index (χ0n) is 21.4. The van der Waals surface area contributed by atoms with E-state index in [-0.39, 0.29) is 12.1 Å². The Hall–Kier alpha value is -3.67. The molecule has 1 N–H and O–H groups in total. The lowest BCUT2D eigenvalue weighted by Crippen LogP contribution is -2.46. The van der Waals surface area contributed by atoms with Gasteiger partial charge in [0.15, 0.2) is 0 Å². The first-order chi connectivity index (χ1) is 17.3. The second-order valence-corrected chi connectivity index (χ2v) is 10.1. The Morgan fingerprint density at radius 1 is 0.833 bits per heavy atom. The molecule has 0 aromatic heterocycles. The van der Waals surface area contributed by atoms with E-state index >= 15 is 0 Å². The number of alkyl carbamates (subject to hydrolysis) is 1. The third-order valence-corrected chi connectivity index (χ3v) is 5.94. The van der Waals surface area contributed by atoms with Crippen LogP contribution in [0.3, 0.4) is 0 Å². The van der Waals surface area contributed by atoms with E-state index in [2.05, 4.69) is 46.6 Å². The molecule has 0 saturated carbocycles. The number of carbonyl (C=O) groups excluding carboxylic acids is 1. The van der Waals surface area contributed by atoms with Gasteiger partial charge in [-0.3, -0.25) is 0 Å². The van der Waals surface area contributed by atoms with Crippen LogP contribution in [0.4, 0.5) is 10.5 Å². The largest absolute Gasteiger partial charge is 0.489 e. The van der Waals surface area contributed by atoms with E-state index < -0.39 is 5.60 Å². The minimum atomic E-state index is -0.499. The summed E-state index contributed by atoms with van der Waals surface area (Å²) in [5.41, 5.74) is 2.79. The van der Waals surface area contributed by atoms with Gasteiger partial charge in [0.1, 0.15) is 30.3 Å². The zero-order chi connectivity index (χ0) is 25.4. The number of ether oxygens (including phenoxy) is 3. The molecule has 1 aliphatic rings. The predicted molar refractivity (Wildman–Crippen MR) is 143 cm³/mol. The van der Waals surface area contributed by atoms with E-state index in [1.165, 1.54) is 0 Å². The summed E-state index contributed by atoms with van der Waals surface area (Å²) in [7, 11) is 0. The normalized spacial score (nSPS) is 14.2. The average molecular weight is 489 g/mol. The number of nitrogens with one attached hydrogen (secondary N) is 1. The van der Waals surface area contributed by atoms with E-state index in [0.29, 0.717) is 13.2 Å². The maximum absolute atomic E-state index is 12.2. The van der Waals surface area contributed by atoms with Crippen molar-refractivity contribution in [1.29, 1.82) is 0 Å². The highest BCUT2D eigenvalue weighted by molar-refractivity contribution is 5.68. The standard InChI is InChI=1S/C30H36N2O4/c1-30(2,3)36-29(33)31-25-14-16-32(17-15-25)26-18-27(34-21-23-10-6-4-7-11-23)20-28(19-26)35-22-24-12-8-5-9-13-24/h4-13,18-20,25H,14-17,21-22H2,1-3H3,(H,31,33). The van der Waals surface area contributed by atoms with Gasteiger partial charge in [0.2, 0.25) is 0 Å². The summed E-state index contributed by atoms with van der Waals surface area (Å²) in [5, 5.41) is 3.01. The molecular weight excluding hydrogens is 452 g/mol. The summed E-state index contributed by atoms with van der Waals surface area (Å²) in [6.45, 7) is 8.24. The Bertz CT molecular complexity index is 1040. The van der Waals surface area contributed by atoms with Gasteiger partial charge in [-0.25, -0.2) is 4.79 Å². The van der Waals surface area contributed by atoms with Gasteiger partial charge in [0, 0.05) is 43.0 Å². The Morgan fingerprint density at radius 3 is 1.81 bits per heavy atom. The van der Waals surface area contributed by atoms with Crippen LogP contribution in [0, 0.1) is 0 Å². The van der Waals surface area contributed by atoms with E-state index in [4.69, 9.17) is 14.2 Å². The van der Waals surface area contributed by atoms with Gasteiger partial charge >= 0.3 is 6.09 Å². The second-order valence-electron chi connectivity index (χ2n) is 10.1. The summed E-state index contributed by atoms with van der Waals surface area (Å²) in [5.74, 6) is 1.54. The summed E-state index contributed by atoms with van der Waals surface area (Å²) in [6.07, 6.45) is 1.33. The first-order valence-corrected chi connectivity index (χ1v) is 12.6. The molecule has 1 saturated heterocycles. The van der Waals surface area contributed by atoms with Crippen molar-refractivity contribution in [2.24, 2.45) is 0 Å². The molecule has 0 spiro atoms. The molecule has 6 nitrogen and oxygen atoms in total. The summed E-state index contributed by atoms with van der Waals surface area (Å²) < 4.78 is 17.7. The number of nitrogens with zero attached hydrogens (tertiary/aromatic N) is 1. The smallest absolute Gasteiger partial charge is 0.407 e. The molecular formula is C30H36N2O4. The SMILES string of the molecule is CC(C)(C)OC(=O)NC1CCN(c2cc(OCc3ccccc3)cc(OCc3ccccc3)c2)CC1. The predicted octanol–water partition coefficient (Wildman–Crippen LogP) is 6.34. The van der Waals surface area contributed by atoms with Crippen LogP contribution in [0.5, 0.6) is 11.5 Å². The van der Waals surface area contributed by atoms with Gasteiger partial charge in [-0.2, -0.15) is 0 Å². The van der Waals surface area contributed by atoms with Crippen molar-refractivity contribution < 1.29 is 19.0 Å². The Kier molecular flexibility index (Phi) is 8.36. The molecule has 1 fully saturated rings. The lowest BCUT2D eigenvalue weighted by molar-refractivity contribution is 0.0497. The number of amides is 1. The fourth-order valence-corrected chi connectivity index (χ4v) is 4.14. The highest BCUT2D eigenvalue weighted by Crippen LogP contribution is 2.31. The number of hydrogen-bond acceptors (Lipinski definition) is 5. The average Bonchev–Trinajstić information content (AvgIpc) is 2.87. The van der Waals surface area contributed by atoms with Crippen molar-refractivity contribution in [1.82, 2.24) is 5.32 Å². The van der Waals surface area contributed by atoms with Crippen molar-refractivity contribution in [2.75, 3.05) is 18.0 Å². The fraction of sp³-hybridized carbons (Fsp3) is 0.367. The summed E-state index contributed by atoms with van der Waals surface area (Å²) >= 11 is 0.